The van der Waals surface area contributed by atoms with Crippen molar-refractivity contribution in [1.29, 1.82) is 0 Å². The van der Waals surface area contributed by atoms with Crippen molar-refractivity contribution in [1.82, 2.24) is 9.97 Å². The van der Waals surface area contributed by atoms with E-state index in [-0.39, 0.29) is 21.4 Å². The van der Waals surface area contributed by atoms with E-state index in [0.717, 1.165) is 6.07 Å². The van der Waals surface area contributed by atoms with Crippen molar-refractivity contribution >= 4 is 26.8 Å². The van der Waals surface area contributed by atoms with E-state index >= 15 is 0 Å². The normalized spacial score (nSPS) is 10.9. The molecule has 0 radical (unpaired) electrons. The molecule has 0 aliphatic rings. The van der Waals surface area contributed by atoms with Crippen LogP contribution in [0.15, 0.2) is 45.7 Å². The largest absolute Gasteiger partial charge is 0.306 e. The predicted octanol–water partition coefficient (Wildman–Crippen LogP) is 3.63. The van der Waals surface area contributed by atoms with Crippen LogP contribution in [0, 0.1) is 11.6 Å². The minimum atomic E-state index is -0.802. The van der Waals surface area contributed by atoms with Crippen molar-refractivity contribution < 1.29 is 8.78 Å². The van der Waals surface area contributed by atoms with E-state index in [9.17, 15) is 13.6 Å². The molecule has 0 unspecified atom stereocenters. The van der Waals surface area contributed by atoms with Crippen LogP contribution in [0.2, 0.25) is 0 Å². The second kappa shape index (κ2) is 4.79. The van der Waals surface area contributed by atoms with Crippen molar-refractivity contribution in [3.63, 3.8) is 0 Å². The summed E-state index contributed by atoms with van der Waals surface area (Å²) in [5.74, 6) is -1.45. The molecule has 0 saturated heterocycles. The fourth-order valence-corrected chi connectivity index (χ4v) is 2.27. The standard InChI is InChI=1S/C14H7BrF2N2O/c15-11-9(16)6-5-8(12(11)17)13-18-10-4-2-1-3-7(10)14(20)19-13/h1-6H,(H,18,19,20). The number of hydrogen-bond donors (Lipinski definition) is 1. The average Bonchev–Trinajstić information content (AvgIpc) is 2.45. The molecule has 20 heavy (non-hydrogen) atoms. The van der Waals surface area contributed by atoms with E-state index < -0.39 is 11.6 Å². The van der Waals surface area contributed by atoms with E-state index in [2.05, 4.69) is 25.9 Å². The number of fused-ring (bicyclic) bond motifs is 1. The van der Waals surface area contributed by atoms with Gasteiger partial charge in [0.1, 0.15) is 11.6 Å². The van der Waals surface area contributed by atoms with Crippen molar-refractivity contribution in [3.05, 3.63) is 62.9 Å². The first-order valence-corrected chi connectivity index (χ1v) is 6.50. The van der Waals surface area contributed by atoms with Gasteiger partial charge in [-0.05, 0) is 40.2 Å². The monoisotopic (exact) mass is 336 g/mol. The zero-order chi connectivity index (χ0) is 14.3. The summed E-state index contributed by atoms with van der Waals surface area (Å²) >= 11 is 2.83. The van der Waals surface area contributed by atoms with Crippen LogP contribution in [0.3, 0.4) is 0 Å². The Balaban J connectivity index is 2.31. The fourth-order valence-electron chi connectivity index (χ4n) is 1.92. The van der Waals surface area contributed by atoms with Crippen molar-refractivity contribution in [2.24, 2.45) is 0 Å². The Labute approximate surface area is 120 Å². The van der Waals surface area contributed by atoms with Gasteiger partial charge in [0.25, 0.3) is 5.56 Å². The van der Waals surface area contributed by atoms with Gasteiger partial charge in [-0.3, -0.25) is 4.79 Å². The second-order valence-electron chi connectivity index (χ2n) is 4.15. The summed E-state index contributed by atoms with van der Waals surface area (Å²) in [7, 11) is 0. The van der Waals surface area contributed by atoms with Gasteiger partial charge in [0.15, 0.2) is 5.82 Å². The van der Waals surface area contributed by atoms with Gasteiger partial charge in [-0.25, -0.2) is 13.8 Å². The van der Waals surface area contributed by atoms with Crippen LogP contribution in [-0.4, -0.2) is 9.97 Å². The van der Waals surface area contributed by atoms with Gasteiger partial charge in [0.2, 0.25) is 0 Å². The van der Waals surface area contributed by atoms with E-state index in [1.165, 1.54) is 6.07 Å². The molecule has 0 aliphatic carbocycles. The molecule has 3 nitrogen and oxygen atoms in total. The summed E-state index contributed by atoms with van der Waals surface area (Å²) < 4.78 is 27.0. The lowest BCUT2D eigenvalue weighted by Gasteiger charge is -2.06. The number of rotatable bonds is 1. The molecular formula is C14H7BrF2N2O. The third kappa shape index (κ3) is 2.02. The highest BCUT2D eigenvalue weighted by molar-refractivity contribution is 9.10. The molecular weight excluding hydrogens is 330 g/mol. The lowest BCUT2D eigenvalue weighted by atomic mass is 10.1. The second-order valence-corrected chi connectivity index (χ2v) is 4.95. The number of para-hydroxylation sites is 1. The molecule has 3 rings (SSSR count). The van der Waals surface area contributed by atoms with Crippen LogP contribution in [-0.2, 0) is 0 Å². The van der Waals surface area contributed by atoms with E-state index in [0.29, 0.717) is 10.9 Å². The van der Waals surface area contributed by atoms with Crippen molar-refractivity contribution in [3.8, 4) is 11.4 Å². The maximum Gasteiger partial charge on any atom is 0.259 e. The van der Waals surface area contributed by atoms with Gasteiger partial charge < -0.3 is 4.98 Å². The third-order valence-electron chi connectivity index (χ3n) is 2.90. The highest BCUT2D eigenvalue weighted by Crippen LogP contribution is 2.28. The molecule has 0 bridgehead atoms. The number of aromatic nitrogens is 2. The molecule has 1 N–H and O–H groups in total. The van der Waals surface area contributed by atoms with E-state index in [1.807, 2.05) is 0 Å². The summed E-state index contributed by atoms with van der Waals surface area (Å²) in [6.07, 6.45) is 0. The number of aromatic amines is 1. The zero-order valence-electron chi connectivity index (χ0n) is 9.95. The summed E-state index contributed by atoms with van der Waals surface area (Å²) in [4.78, 5) is 18.6. The Morgan fingerprint density at radius 3 is 2.65 bits per heavy atom. The number of nitrogens with zero attached hydrogens (tertiary/aromatic N) is 1. The molecule has 0 atom stereocenters. The fraction of sp³-hybridized carbons (Fsp3) is 0. The summed E-state index contributed by atoms with van der Waals surface area (Å²) in [5.41, 5.74) is 0.109. The molecule has 0 fully saturated rings. The van der Waals surface area contributed by atoms with E-state index in [1.54, 1.807) is 24.3 Å². The first kappa shape index (κ1) is 12.9. The molecule has 3 aromatic rings. The van der Waals surface area contributed by atoms with Crippen LogP contribution < -0.4 is 5.56 Å². The Morgan fingerprint density at radius 1 is 1.10 bits per heavy atom. The Morgan fingerprint density at radius 2 is 1.85 bits per heavy atom. The van der Waals surface area contributed by atoms with Crippen LogP contribution >= 0.6 is 15.9 Å². The molecule has 2 aromatic carbocycles. The predicted molar refractivity (Wildman–Crippen MR) is 75.4 cm³/mol. The zero-order valence-corrected chi connectivity index (χ0v) is 11.5. The quantitative estimate of drug-likeness (QED) is 0.689. The molecule has 100 valence electrons. The Kier molecular flexibility index (Phi) is 3.10. The SMILES string of the molecule is O=c1[nH]c(-c2ccc(F)c(Br)c2F)nc2ccccc12. The van der Waals surface area contributed by atoms with Crippen LogP contribution in [0.4, 0.5) is 8.78 Å². The topological polar surface area (TPSA) is 45.8 Å². The highest BCUT2D eigenvalue weighted by Gasteiger charge is 2.15. The minimum absolute atomic E-state index is 0.0288. The summed E-state index contributed by atoms with van der Waals surface area (Å²) in [6, 6.07) is 9.08. The molecule has 6 heteroatoms. The van der Waals surface area contributed by atoms with Crippen LogP contribution in [0.1, 0.15) is 0 Å². The molecule has 0 saturated carbocycles. The number of halogens is 3. The molecule has 1 heterocycles. The van der Waals surface area contributed by atoms with Crippen LogP contribution in [0.25, 0.3) is 22.3 Å². The van der Waals surface area contributed by atoms with E-state index in [4.69, 9.17) is 0 Å². The van der Waals surface area contributed by atoms with Crippen molar-refractivity contribution in [2.45, 2.75) is 0 Å². The van der Waals surface area contributed by atoms with Crippen LogP contribution in [0.5, 0.6) is 0 Å². The molecule has 0 amide bonds. The number of H-pyrrole nitrogens is 1. The number of benzene rings is 2. The van der Waals surface area contributed by atoms with Crippen molar-refractivity contribution in [2.75, 3.05) is 0 Å². The highest BCUT2D eigenvalue weighted by atomic mass is 79.9. The lowest BCUT2D eigenvalue weighted by molar-refractivity contribution is 0.573. The van der Waals surface area contributed by atoms with Gasteiger partial charge in [0.05, 0.1) is 20.9 Å². The Hall–Kier alpha value is -2.08. The summed E-state index contributed by atoms with van der Waals surface area (Å²) in [6.45, 7) is 0. The Bertz CT molecular complexity index is 877. The van der Waals surface area contributed by atoms with Gasteiger partial charge in [-0.2, -0.15) is 0 Å². The lowest BCUT2D eigenvalue weighted by Crippen LogP contribution is -2.10. The first-order chi connectivity index (χ1) is 9.58. The van der Waals surface area contributed by atoms with Gasteiger partial charge in [-0.1, -0.05) is 12.1 Å². The van der Waals surface area contributed by atoms with Gasteiger partial charge in [-0.15, -0.1) is 0 Å². The summed E-state index contributed by atoms with van der Waals surface area (Å²) in [5, 5.41) is 0.415. The number of hydrogen-bond acceptors (Lipinski definition) is 2. The maximum atomic E-state index is 14.0. The molecule has 0 aliphatic heterocycles. The number of nitrogens with one attached hydrogen (secondary N) is 1. The molecule has 0 spiro atoms. The maximum absolute atomic E-state index is 14.0. The first-order valence-electron chi connectivity index (χ1n) is 5.71. The molecule has 1 aromatic heterocycles. The van der Waals surface area contributed by atoms with Gasteiger partial charge >= 0.3 is 0 Å². The van der Waals surface area contributed by atoms with Gasteiger partial charge in [0, 0.05) is 0 Å². The third-order valence-corrected chi connectivity index (χ3v) is 3.63. The minimum Gasteiger partial charge on any atom is -0.306 e. The average molecular weight is 337 g/mol. The smallest absolute Gasteiger partial charge is 0.259 e.